The molecular formula is C14H22N2O. The molecule has 0 amide bonds. The molecule has 1 aliphatic rings. The first-order valence-electron chi connectivity index (χ1n) is 6.28. The summed E-state index contributed by atoms with van der Waals surface area (Å²) in [5.41, 5.74) is 3.87. The third kappa shape index (κ3) is 2.99. The fourth-order valence-corrected chi connectivity index (χ4v) is 2.63. The van der Waals surface area contributed by atoms with Crippen LogP contribution in [0.5, 0.6) is 0 Å². The minimum atomic E-state index is 0.180. The Morgan fingerprint density at radius 3 is 2.47 bits per heavy atom. The van der Waals surface area contributed by atoms with Gasteiger partial charge in [-0.3, -0.25) is 0 Å². The maximum atomic E-state index is 9.29. The Hall–Kier alpha value is -1.06. The number of piperazine rings is 1. The molecule has 94 valence electrons. The highest BCUT2D eigenvalue weighted by Gasteiger charge is 2.23. The summed E-state index contributed by atoms with van der Waals surface area (Å²) in [4.78, 5) is 2.36. The van der Waals surface area contributed by atoms with Gasteiger partial charge in [0.25, 0.3) is 0 Å². The molecule has 0 saturated carbocycles. The molecule has 0 spiro atoms. The predicted octanol–water partition coefficient (Wildman–Crippen LogP) is 1.46. The van der Waals surface area contributed by atoms with Crippen LogP contribution < -0.4 is 10.2 Å². The van der Waals surface area contributed by atoms with Gasteiger partial charge in [-0.25, -0.2) is 0 Å². The highest BCUT2D eigenvalue weighted by Crippen LogP contribution is 2.21. The lowest BCUT2D eigenvalue weighted by Crippen LogP contribution is -2.57. The maximum absolute atomic E-state index is 9.29. The summed E-state index contributed by atoms with van der Waals surface area (Å²) in [5.74, 6) is 0. The lowest BCUT2D eigenvalue weighted by Gasteiger charge is -2.38. The van der Waals surface area contributed by atoms with E-state index in [-0.39, 0.29) is 12.6 Å². The second-order valence-corrected chi connectivity index (χ2v) is 5.20. The standard InChI is InChI=1S/C14H22N2O/c1-10-4-11(2)6-14(5-10)16-7-12(3)15-13(8-16)9-17/h4-6,12-13,15,17H,7-9H2,1-3H3. The molecule has 2 atom stereocenters. The Bertz CT molecular complexity index is 372. The fraction of sp³-hybridized carbons (Fsp3) is 0.571. The number of nitrogens with zero attached hydrogens (tertiary/aromatic N) is 1. The molecule has 3 nitrogen and oxygen atoms in total. The normalized spacial score (nSPS) is 25.1. The van der Waals surface area contributed by atoms with E-state index < -0.39 is 0 Å². The molecule has 2 rings (SSSR count). The average Bonchev–Trinajstić information content (AvgIpc) is 2.26. The lowest BCUT2D eigenvalue weighted by atomic mass is 10.1. The van der Waals surface area contributed by atoms with Crippen LogP contribution in [0.2, 0.25) is 0 Å². The Kier molecular flexibility index (Phi) is 3.69. The van der Waals surface area contributed by atoms with Crippen LogP contribution in [-0.4, -0.2) is 36.9 Å². The second kappa shape index (κ2) is 5.07. The third-order valence-corrected chi connectivity index (χ3v) is 3.25. The number of hydrogen-bond donors (Lipinski definition) is 2. The average molecular weight is 234 g/mol. The van der Waals surface area contributed by atoms with Crippen LogP contribution in [0.15, 0.2) is 18.2 Å². The monoisotopic (exact) mass is 234 g/mol. The van der Waals surface area contributed by atoms with Crippen LogP contribution in [-0.2, 0) is 0 Å². The number of aliphatic hydroxyl groups is 1. The SMILES string of the molecule is Cc1cc(C)cc(N2CC(C)NC(CO)C2)c1. The van der Waals surface area contributed by atoms with Crippen molar-refractivity contribution in [2.24, 2.45) is 0 Å². The quantitative estimate of drug-likeness (QED) is 0.813. The largest absolute Gasteiger partial charge is 0.395 e. The minimum Gasteiger partial charge on any atom is -0.395 e. The number of aliphatic hydroxyl groups excluding tert-OH is 1. The van der Waals surface area contributed by atoms with Gasteiger partial charge in [0.2, 0.25) is 0 Å². The van der Waals surface area contributed by atoms with E-state index in [1.165, 1.54) is 16.8 Å². The summed E-state index contributed by atoms with van der Waals surface area (Å²) in [6.07, 6.45) is 0. The molecule has 1 fully saturated rings. The molecule has 1 aromatic rings. The predicted molar refractivity (Wildman–Crippen MR) is 71.6 cm³/mol. The molecule has 2 N–H and O–H groups in total. The van der Waals surface area contributed by atoms with Gasteiger partial charge >= 0.3 is 0 Å². The van der Waals surface area contributed by atoms with Crippen molar-refractivity contribution in [2.45, 2.75) is 32.9 Å². The number of aryl methyl sites for hydroxylation is 2. The fourth-order valence-electron chi connectivity index (χ4n) is 2.63. The Morgan fingerprint density at radius 2 is 1.88 bits per heavy atom. The zero-order valence-electron chi connectivity index (χ0n) is 10.9. The first-order valence-corrected chi connectivity index (χ1v) is 6.28. The number of anilines is 1. The molecule has 0 radical (unpaired) electrons. The third-order valence-electron chi connectivity index (χ3n) is 3.25. The van der Waals surface area contributed by atoms with Gasteiger partial charge < -0.3 is 15.3 Å². The van der Waals surface area contributed by atoms with Crippen LogP contribution in [0.4, 0.5) is 5.69 Å². The smallest absolute Gasteiger partial charge is 0.0602 e. The Balaban J connectivity index is 2.20. The second-order valence-electron chi connectivity index (χ2n) is 5.20. The molecule has 1 aromatic carbocycles. The summed E-state index contributed by atoms with van der Waals surface area (Å²) in [7, 11) is 0. The zero-order valence-corrected chi connectivity index (χ0v) is 10.9. The first-order chi connectivity index (χ1) is 8.08. The summed E-state index contributed by atoms with van der Waals surface area (Å²) in [6.45, 7) is 8.50. The molecule has 17 heavy (non-hydrogen) atoms. The highest BCUT2D eigenvalue weighted by atomic mass is 16.3. The number of rotatable bonds is 2. The molecule has 0 bridgehead atoms. The number of nitrogens with one attached hydrogen (secondary N) is 1. The van der Waals surface area contributed by atoms with E-state index in [2.05, 4.69) is 49.2 Å². The van der Waals surface area contributed by atoms with E-state index in [4.69, 9.17) is 0 Å². The number of hydrogen-bond acceptors (Lipinski definition) is 3. The van der Waals surface area contributed by atoms with E-state index >= 15 is 0 Å². The van der Waals surface area contributed by atoms with Crippen LogP contribution >= 0.6 is 0 Å². The van der Waals surface area contributed by atoms with Crippen LogP contribution in [0, 0.1) is 13.8 Å². The zero-order chi connectivity index (χ0) is 12.4. The summed E-state index contributed by atoms with van der Waals surface area (Å²) < 4.78 is 0. The van der Waals surface area contributed by atoms with E-state index in [1.54, 1.807) is 0 Å². The van der Waals surface area contributed by atoms with Crippen LogP contribution in [0.1, 0.15) is 18.1 Å². The maximum Gasteiger partial charge on any atom is 0.0602 e. The number of benzene rings is 1. The molecular weight excluding hydrogens is 212 g/mol. The van der Waals surface area contributed by atoms with Crippen LogP contribution in [0.25, 0.3) is 0 Å². The molecule has 0 aromatic heterocycles. The minimum absolute atomic E-state index is 0.180. The summed E-state index contributed by atoms with van der Waals surface area (Å²) in [6, 6.07) is 7.23. The summed E-state index contributed by atoms with van der Waals surface area (Å²) >= 11 is 0. The van der Waals surface area contributed by atoms with Crippen LogP contribution in [0.3, 0.4) is 0 Å². The summed E-state index contributed by atoms with van der Waals surface area (Å²) in [5, 5.41) is 12.7. The van der Waals surface area contributed by atoms with Crippen molar-refractivity contribution >= 4 is 5.69 Å². The molecule has 1 aliphatic heterocycles. The van der Waals surface area contributed by atoms with E-state index in [1.807, 2.05) is 0 Å². The molecule has 1 heterocycles. The van der Waals surface area contributed by atoms with Crippen molar-refractivity contribution in [1.82, 2.24) is 5.32 Å². The van der Waals surface area contributed by atoms with Gasteiger partial charge in [0.15, 0.2) is 0 Å². The van der Waals surface area contributed by atoms with E-state index in [0.717, 1.165) is 13.1 Å². The van der Waals surface area contributed by atoms with Crippen molar-refractivity contribution in [3.05, 3.63) is 29.3 Å². The van der Waals surface area contributed by atoms with Crippen molar-refractivity contribution in [2.75, 3.05) is 24.6 Å². The van der Waals surface area contributed by atoms with Crippen molar-refractivity contribution < 1.29 is 5.11 Å². The lowest BCUT2D eigenvalue weighted by molar-refractivity contribution is 0.221. The molecule has 2 unspecified atom stereocenters. The molecule has 3 heteroatoms. The van der Waals surface area contributed by atoms with Gasteiger partial charge in [-0.1, -0.05) is 6.07 Å². The van der Waals surface area contributed by atoms with Crippen molar-refractivity contribution in [1.29, 1.82) is 0 Å². The highest BCUT2D eigenvalue weighted by molar-refractivity contribution is 5.51. The van der Waals surface area contributed by atoms with Gasteiger partial charge in [-0.05, 0) is 44.0 Å². The van der Waals surface area contributed by atoms with Crippen molar-refractivity contribution in [3.63, 3.8) is 0 Å². The molecule has 1 saturated heterocycles. The van der Waals surface area contributed by atoms with Crippen molar-refractivity contribution in [3.8, 4) is 0 Å². The molecule has 0 aliphatic carbocycles. The first kappa shape index (κ1) is 12.4. The van der Waals surface area contributed by atoms with Gasteiger partial charge in [0.05, 0.1) is 6.61 Å². The van der Waals surface area contributed by atoms with Gasteiger partial charge in [0.1, 0.15) is 0 Å². The topological polar surface area (TPSA) is 35.5 Å². The van der Waals surface area contributed by atoms with E-state index in [9.17, 15) is 5.11 Å². The van der Waals surface area contributed by atoms with E-state index in [0.29, 0.717) is 6.04 Å². The van der Waals surface area contributed by atoms with Gasteiger partial charge in [-0.15, -0.1) is 0 Å². The Labute approximate surface area is 103 Å². The Morgan fingerprint density at radius 1 is 1.24 bits per heavy atom. The van der Waals surface area contributed by atoms with Gasteiger partial charge in [0, 0.05) is 30.9 Å². The van der Waals surface area contributed by atoms with Gasteiger partial charge in [-0.2, -0.15) is 0 Å².